The zero-order chi connectivity index (χ0) is 25.7. The molecule has 2 aliphatic carbocycles. The van der Waals surface area contributed by atoms with Crippen molar-refractivity contribution in [2.24, 2.45) is 0 Å². The zero-order valence-electron chi connectivity index (χ0n) is 19.4. The summed E-state index contributed by atoms with van der Waals surface area (Å²) in [6.45, 7) is 2.50. The van der Waals surface area contributed by atoms with Gasteiger partial charge in [-0.15, -0.1) is 0 Å². The van der Waals surface area contributed by atoms with Crippen LogP contribution in [0, 0.1) is 0 Å². The van der Waals surface area contributed by atoms with Gasteiger partial charge in [-0.2, -0.15) is 10.2 Å². The van der Waals surface area contributed by atoms with Crippen LogP contribution < -0.4 is 10.6 Å². The standard InChI is InChI=1S/C14H12F3NO.C10H12N6O/c1-8-6-9(4-5-18-8)14(19)13-11(16)3-2-10(15)7-12(13)17;17-5-11-4-8-12-10(16-14-8)9-6-2-1-3-7(6)13-15-9/h2-4,6-7,10,18H,5H2,1H3;5H,1-4H2,(H,11,17)(H,13,15)(H,12,14,16). The summed E-state index contributed by atoms with van der Waals surface area (Å²) in [5, 5.41) is 19.6. The number of Topliss-reactive ketones (excluding diaryl/α,β-unsaturated/α-hetero) is 1. The van der Waals surface area contributed by atoms with Gasteiger partial charge in [-0.25, -0.2) is 18.2 Å². The van der Waals surface area contributed by atoms with Crippen LogP contribution in [-0.4, -0.2) is 50.3 Å². The number of aryl methyl sites for hydroxylation is 1. The predicted octanol–water partition coefficient (Wildman–Crippen LogP) is 2.90. The quantitative estimate of drug-likeness (QED) is 0.453. The SMILES string of the molecule is CC1=CC(C(=O)C2=C(F)C=CC(F)C=C2F)=CCN1.O=CNCc1nc(-c2n[nH]c3c2CCC3)n[nH]1. The molecule has 0 radical (unpaired) electrons. The molecule has 9 nitrogen and oxygen atoms in total. The lowest BCUT2D eigenvalue weighted by atomic mass is 9.99. The van der Waals surface area contributed by atoms with Gasteiger partial charge in [0, 0.05) is 29.1 Å². The van der Waals surface area contributed by atoms with Crippen LogP contribution in [0.5, 0.6) is 0 Å². The molecule has 4 N–H and O–H groups in total. The van der Waals surface area contributed by atoms with Gasteiger partial charge >= 0.3 is 0 Å². The maximum Gasteiger partial charge on any atom is 0.207 e. The smallest absolute Gasteiger partial charge is 0.207 e. The Hall–Kier alpha value is -4.22. The Kier molecular flexibility index (Phi) is 7.62. The molecule has 2 aromatic heterocycles. The van der Waals surface area contributed by atoms with Crippen molar-refractivity contribution in [3.8, 4) is 11.5 Å². The third-order valence-corrected chi connectivity index (χ3v) is 5.68. The number of carbonyl (C=O) groups is 2. The second-order valence-corrected chi connectivity index (χ2v) is 8.23. The average Bonchev–Trinajstić information content (AvgIpc) is 3.57. The molecule has 0 bridgehead atoms. The minimum atomic E-state index is -1.74. The maximum atomic E-state index is 13.7. The molecular weight excluding hydrogens is 475 g/mol. The van der Waals surface area contributed by atoms with E-state index < -0.39 is 29.2 Å². The number of nitrogens with one attached hydrogen (secondary N) is 4. The van der Waals surface area contributed by atoms with E-state index >= 15 is 0 Å². The van der Waals surface area contributed by atoms with E-state index in [1.165, 1.54) is 23.4 Å². The predicted molar refractivity (Wildman–Crippen MR) is 125 cm³/mol. The van der Waals surface area contributed by atoms with Gasteiger partial charge < -0.3 is 10.6 Å². The van der Waals surface area contributed by atoms with Gasteiger partial charge in [0.2, 0.25) is 12.2 Å². The largest absolute Gasteiger partial charge is 0.385 e. The summed E-state index contributed by atoms with van der Waals surface area (Å²) < 4.78 is 40.5. The number of nitrogens with zero attached hydrogens (tertiary/aromatic N) is 3. The molecule has 0 spiro atoms. The Labute approximate surface area is 204 Å². The molecule has 1 amide bonds. The molecule has 0 fully saturated rings. The first-order valence-electron chi connectivity index (χ1n) is 11.3. The van der Waals surface area contributed by atoms with Gasteiger partial charge in [0.05, 0.1) is 12.1 Å². The Morgan fingerprint density at radius 1 is 1.25 bits per heavy atom. The summed E-state index contributed by atoms with van der Waals surface area (Å²) in [6, 6.07) is 0. The van der Waals surface area contributed by atoms with Gasteiger partial charge in [0.1, 0.15) is 29.3 Å². The van der Waals surface area contributed by atoms with E-state index in [1.807, 2.05) is 0 Å². The Bertz CT molecular complexity index is 1320. The monoisotopic (exact) mass is 499 g/mol. The molecule has 5 rings (SSSR count). The van der Waals surface area contributed by atoms with E-state index in [-0.39, 0.29) is 5.57 Å². The Morgan fingerprint density at radius 3 is 2.86 bits per heavy atom. The zero-order valence-corrected chi connectivity index (χ0v) is 19.4. The summed E-state index contributed by atoms with van der Waals surface area (Å²) in [6.07, 6.45) is 7.36. The minimum Gasteiger partial charge on any atom is -0.385 e. The first kappa shape index (κ1) is 24.9. The average molecular weight is 499 g/mol. The molecule has 1 atom stereocenters. The molecule has 36 heavy (non-hydrogen) atoms. The van der Waals surface area contributed by atoms with Crippen molar-refractivity contribution in [2.75, 3.05) is 6.54 Å². The fourth-order valence-corrected chi connectivity index (χ4v) is 3.96. The number of allylic oxidation sites excluding steroid dienone is 9. The summed E-state index contributed by atoms with van der Waals surface area (Å²) in [5.41, 5.74) is 3.43. The molecule has 1 unspecified atom stereocenters. The number of rotatable bonds is 6. The van der Waals surface area contributed by atoms with Crippen LogP contribution in [0.25, 0.3) is 11.5 Å². The van der Waals surface area contributed by atoms with Crippen molar-refractivity contribution < 1.29 is 22.8 Å². The third kappa shape index (κ3) is 5.53. The lowest BCUT2D eigenvalue weighted by Gasteiger charge is -2.13. The number of ketones is 1. The van der Waals surface area contributed by atoms with Crippen LogP contribution in [0.15, 0.2) is 58.9 Å². The highest BCUT2D eigenvalue weighted by Gasteiger charge is 2.25. The summed E-state index contributed by atoms with van der Waals surface area (Å²) >= 11 is 0. The molecule has 12 heteroatoms. The summed E-state index contributed by atoms with van der Waals surface area (Å²) in [4.78, 5) is 26.6. The molecule has 0 aromatic carbocycles. The van der Waals surface area contributed by atoms with Crippen molar-refractivity contribution >= 4 is 12.2 Å². The van der Waals surface area contributed by atoms with Crippen LogP contribution in [0.4, 0.5) is 13.2 Å². The normalized spacial score (nSPS) is 18.7. The van der Waals surface area contributed by atoms with Gasteiger partial charge in [-0.1, -0.05) is 6.08 Å². The highest BCUT2D eigenvalue weighted by molar-refractivity contribution is 6.13. The summed E-state index contributed by atoms with van der Waals surface area (Å²) in [7, 11) is 0. The molecule has 3 aliphatic rings. The second-order valence-electron chi connectivity index (χ2n) is 8.23. The highest BCUT2D eigenvalue weighted by Crippen LogP contribution is 2.29. The van der Waals surface area contributed by atoms with Crippen molar-refractivity contribution in [1.29, 1.82) is 0 Å². The topological polar surface area (TPSA) is 128 Å². The van der Waals surface area contributed by atoms with E-state index in [0.717, 1.165) is 42.8 Å². The lowest BCUT2D eigenvalue weighted by Crippen LogP contribution is -2.19. The molecule has 2 aromatic rings. The van der Waals surface area contributed by atoms with Crippen LogP contribution in [0.3, 0.4) is 0 Å². The number of halogens is 3. The molecule has 3 heterocycles. The number of carbonyl (C=O) groups excluding carboxylic acids is 2. The second kappa shape index (κ2) is 11.0. The number of H-pyrrole nitrogens is 2. The number of fused-ring (bicyclic) bond motifs is 1. The number of aromatic amines is 2. The number of dihydropyridines is 1. The minimum absolute atomic E-state index is 0.190. The Morgan fingerprint density at radius 2 is 2.08 bits per heavy atom. The Balaban J connectivity index is 0.000000170. The first-order chi connectivity index (χ1) is 17.4. The van der Waals surface area contributed by atoms with Crippen LogP contribution >= 0.6 is 0 Å². The molecule has 1 aliphatic heterocycles. The molecular formula is C24H24F3N7O2. The number of hydrogen-bond donors (Lipinski definition) is 4. The third-order valence-electron chi connectivity index (χ3n) is 5.68. The number of hydrogen-bond acceptors (Lipinski definition) is 6. The van der Waals surface area contributed by atoms with Gasteiger partial charge in [0.15, 0.2) is 5.78 Å². The summed E-state index contributed by atoms with van der Waals surface area (Å²) in [5.74, 6) is -1.81. The van der Waals surface area contributed by atoms with E-state index in [1.54, 1.807) is 6.92 Å². The molecule has 188 valence electrons. The highest BCUT2D eigenvalue weighted by atomic mass is 19.1. The lowest BCUT2D eigenvalue weighted by molar-refractivity contribution is -0.112. The van der Waals surface area contributed by atoms with E-state index in [4.69, 9.17) is 0 Å². The molecule has 0 saturated heterocycles. The van der Waals surface area contributed by atoms with Gasteiger partial charge in [-0.3, -0.25) is 19.8 Å². The number of aromatic nitrogens is 5. The van der Waals surface area contributed by atoms with E-state index in [0.29, 0.717) is 37.2 Å². The molecule has 0 saturated carbocycles. The van der Waals surface area contributed by atoms with Crippen molar-refractivity contribution in [3.63, 3.8) is 0 Å². The van der Waals surface area contributed by atoms with Gasteiger partial charge in [-0.05, 0) is 50.5 Å². The van der Waals surface area contributed by atoms with Gasteiger partial charge in [0.25, 0.3) is 0 Å². The van der Waals surface area contributed by atoms with E-state index in [9.17, 15) is 22.8 Å². The van der Waals surface area contributed by atoms with Crippen LogP contribution in [-0.2, 0) is 29.0 Å². The van der Waals surface area contributed by atoms with Crippen molar-refractivity contribution in [2.45, 2.75) is 38.9 Å². The van der Waals surface area contributed by atoms with Crippen LogP contribution in [0.1, 0.15) is 30.4 Å². The van der Waals surface area contributed by atoms with Crippen molar-refractivity contribution in [1.82, 2.24) is 36.0 Å². The maximum absolute atomic E-state index is 13.7. The fourth-order valence-electron chi connectivity index (χ4n) is 3.96. The fraction of sp³-hybridized carbons (Fsp3) is 0.292. The first-order valence-corrected chi connectivity index (χ1v) is 11.3. The van der Waals surface area contributed by atoms with Crippen LogP contribution in [0.2, 0.25) is 0 Å². The number of alkyl halides is 1. The van der Waals surface area contributed by atoms with E-state index in [2.05, 4.69) is 36.0 Å². The van der Waals surface area contributed by atoms with Crippen molar-refractivity contribution in [3.05, 3.63) is 76.0 Å². The number of amides is 1.